The summed E-state index contributed by atoms with van der Waals surface area (Å²) in [5, 5.41) is 1.00. The summed E-state index contributed by atoms with van der Waals surface area (Å²) in [6, 6.07) is 14.5. The lowest BCUT2D eigenvalue weighted by Crippen LogP contribution is -1.94. The molecule has 0 aliphatic heterocycles. The molecule has 1 aromatic heterocycles. The Bertz CT molecular complexity index is 720. The van der Waals surface area contributed by atoms with Crippen molar-refractivity contribution in [2.45, 2.75) is 6.92 Å². The van der Waals surface area contributed by atoms with E-state index in [1.54, 1.807) is 6.20 Å². The molecular formula is C15H13N3. The molecular weight excluding hydrogens is 222 g/mol. The second-order valence-electron chi connectivity index (χ2n) is 4.32. The van der Waals surface area contributed by atoms with E-state index in [-0.39, 0.29) is 0 Å². The number of rotatable bonds is 1. The standard InChI is InChI=1S/C15H13N3/c1-10-4-2-3-5-13(10)11-6-7-14-12(8-11)9-17-15(16)18-14/h2-9H,1H3,(H2,16,17,18). The summed E-state index contributed by atoms with van der Waals surface area (Å²) in [6.45, 7) is 2.11. The second-order valence-corrected chi connectivity index (χ2v) is 4.32. The number of hydrogen-bond donors (Lipinski definition) is 1. The molecule has 3 heteroatoms. The quantitative estimate of drug-likeness (QED) is 0.704. The van der Waals surface area contributed by atoms with E-state index in [4.69, 9.17) is 5.73 Å². The molecule has 0 radical (unpaired) electrons. The van der Waals surface area contributed by atoms with Crippen molar-refractivity contribution in [1.29, 1.82) is 0 Å². The lowest BCUT2D eigenvalue weighted by atomic mass is 9.99. The van der Waals surface area contributed by atoms with E-state index in [1.807, 2.05) is 18.2 Å². The summed E-state index contributed by atoms with van der Waals surface area (Å²) in [5.41, 5.74) is 10.1. The van der Waals surface area contributed by atoms with Crippen LogP contribution in [0.1, 0.15) is 5.56 Å². The third-order valence-electron chi connectivity index (χ3n) is 3.05. The van der Waals surface area contributed by atoms with Crippen LogP contribution in [0.4, 0.5) is 5.95 Å². The van der Waals surface area contributed by atoms with E-state index in [0.29, 0.717) is 5.95 Å². The molecule has 0 saturated heterocycles. The Hall–Kier alpha value is -2.42. The van der Waals surface area contributed by atoms with Crippen LogP contribution in [0.5, 0.6) is 0 Å². The number of nitrogen functional groups attached to an aromatic ring is 1. The maximum atomic E-state index is 5.57. The summed E-state index contributed by atoms with van der Waals surface area (Å²) in [5.74, 6) is 0.311. The van der Waals surface area contributed by atoms with E-state index in [9.17, 15) is 0 Å². The third kappa shape index (κ3) is 1.80. The molecule has 2 N–H and O–H groups in total. The van der Waals surface area contributed by atoms with Gasteiger partial charge in [0.15, 0.2) is 0 Å². The van der Waals surface area contributed by atoms with Crippen molar-refractivity contribution < 1.29 is 0 Å². The molecule has 0 fully saturated rings. The van der Waals surface area contributed by atoms with Gasteiger partial charge in [0.1, 0.15) is 0 Å². The number of nitrogens with zero attached hydrogens (tertiary/aromatic N) is 2. The first kappa shape index (κ1) is 10.7. The van der Waals surface area contributed by atoms with Crippen molar-refractivity contribution in [2.24, 2.45) is 0 Å². The Balaban J connectivity index is 2.20. The predicted octanol–water partition coefficient (Wildman–Crippen LogP) is 3.19. The number of hydrogen-bond acceptors (Lipinski definition) is 3. The van der Waals surface area contributed by atoms with Gasteiger partial charge in [-0.25, -0.2) is 9.97 Å². The number of aromatic nitrogens is 2. The topological polar surface area (TPSA) is 51.8 Å². The highest BCUT2D eigenvalue weighted by Crippen LogP contribution is 2.26. The van der Waals surface area contributed by atoms with Crippen molar-refractivity contribution in [2.75, 3.05) is 5.73 Å². The third-order valence-corrected chi connectivity index (χ3v) is 3.05. The Morgan fingerprint density at radius 2 is 1.89 bits per heavy atom. The van der Waals surface area contributed by atoms with Gasteiger partial charge < -0.3 is 5.73 Å². The van der Waals surface area contributed by atoms with Gasteiger partial charge in [-0.05, 0) is 35.7 Å². The lowest BCUT2D eigenvalue weighted by Gasteiger charge is -2.07. The van der Waals surface area contributed by atoms with Gasteiger partial charge in [-0.3, -0.25) is 0 Å². The van der Waals surface area contributed by atoms with Crippen LogP contribution in [-0.2, 0) is 0 Å². The molecule has 2 aromatic carbocycles. The minimum absolute atomic E-state index is 0.311. The molecule has 0 atom stereocenters. The van der Waals surface area contributed by atoms with Crippen molar-refractivity contribution in [3.63, 3.8) is 0 Å². The normalized spacial score (nSPS) is 10.7. The molecule has 88 valence electrons. The zero-order valence-corrected chi connectivity index (χ0v) is 10.1. The van der Waals surface area contributed by atoms with Crippen molar-refractivity contribution >= 4 is 16.9 Å². The van der Waals surface area contributed by atoms with Crippen molar-refractivity contribution in [3.8, 4) is 11.1 Å². The van der Waals surface area contributed by atoms with Crippen molar-refractivity contribution in [1.82, 2.24) is 9.97 Å². The lowest BCUT2D eigenvalue weighted by molar-refractivity contribution is 1.24. The van der Waals surface area contributed by atoms with Gasteiger partial charge in [-0.15, -0.1) is 0 Å². The van der Waals surface area contributed by atoms with Gasteiger partial charge in [-0.1, -0.05) is 30.3 Å². The molecule has 18 heavy (non-hydrogen) atoms. The number of anilines is 1. The fourth-order valence-electron chi connectivity index (χ4n) is 2.11. The smallest absolute Gasteiger partial charge is 0.220 e. The van der Waals surface area contributed by atoms with E-state index < -0.39 is 0 Å². The minimum atomic E-state index is 0.311. The summed E-state index contributed by atoms with van der Waals surface area (Å²) in [6.07, 6.45) is 1.76. The van der Waals surface area contributed by atoms with Crippen LogP contribution < -0.4 is 5.73 Å². The van der Waals surface area contributed by atoms with Crippen LogP contribution in [0, 0.1) is 6.92 Å². The largest absolute Gasteiger partial charge is 0.368 e. The molecule has 0 bridgehead atoms. The Kier molecular flexibility index (Phi) is 2.45. The Morgan fingerprint density at radius 3 is 2.72 bits per heavy atom. The van der Waals surface area contributed by atoms with E-state index in [0.717, 1.165) is 10.9 Å². The van der Waals surface area contributed by atoms with Crippen LogP contribution in [-0.4, -0.2) is 9.97 Å². The van der Waals surface area contributed by atoms with Crippen LogP contribution in [0.15, 0.2) is 48.7 Å². The fraction of sp³-hybridized carbons (Fsp3) is 0.0667. The monoisotopic (exact) mass is 235 g/mol. The molecule has 0 amide bonds. The maximum Gasteiger partial charge on any atom is 0.220 e. The fourth-order valence-corrected chi connectivity index (χ4v) is 2.11. The number of benzene rings is 2. The first-order chi connectivity index (χ1) is 8.74. The molecule has 0 unspecified atom stereocenters. The minimum Gasteiger partial charge on any atom is -0.368 e. The summed E-state index contributed by atoms with van der Waals surface area (Å²) in [7, 11) is 0. The van der Waals surface area contributed by atoms with Gasteiger partial charge in [0.2, 0.25) is 5.95 Å². The first-order valence-electron chi connectivity index (χ1n) is 5.82. The molecule has 0 aliphatic carbocycles. The molecule has 3 nitrogen and oxygen atoms in total. The van der Waals surface area contributed by atoms with Crippen LogP contribution in [0.3, 0.4) is 0 Å². The molecule has 0 saturated carbocycles. The van der Waals surface area contributed by atoms with Gasteiger partial charge in [0.25, 0.3) is 0 Å². The van der Waals surface area contributed by atoms with Crippen LogP contribution in [0.25, 0.3) is 22.0 Å². The highest BCUT2D eigenvalue weighted by Gasteiger charge is 2.03. The first-order valence-corrected chi connectivity index (χ1v) is 5.82. The van der Waals surface area contributed by atoms with Crippen LogP contribution in [0.2, 0.25) is 0 Å². The van der Waals surface area contributed by atoms with Gasteiger partial charge in [0.05, 0.1) is 5.52 Å². The summed E-state index contributed by atoms with van der Waals surface area (Å²) < 4.78 is 0. The summed E-state index contributed by atoms with van der Waals surface area (Å²) >= 11 is 0. The number of fused-ring (bicyclic) bond motifs is 1. The van der Waals surface area contributed by atoms with Gasteiger partial charge in [-0.2, -0.15) is 0 Å². The SMILES string of the molecule is Cc1ccccc1-c1ccc2nc(N)ncc2c1. The zero-order valence-electron chi connectivity index (χ0n) is 10.1. The molecule has 0 spiro atoms. The number of aryl methyl sites for hydroxylation is 1. The second kappa shape index (κ2) is 4.11. The molecule has 0 aliphatic rings. The van der Waals surface area contributed by atoms with Gasteiger partial charge >= 0.3 is 0 Å². The molecule has 1 heterocycles. The maximum absolute atomic E-state index is 5.57. The van der Waals surface area contributed by atoms with E-state index in [2.05, 4.69) is 41.2 Å². The van der Waals surface area contributed by atoms with E-state index >= 15 is 0 Å². The van der Waals surface area contributed by atoms with Crippen molar-refractivity contribution in [3.05, 3.63) is 54.2 Å². The summed E-state index contributed by atoms with van der Waals surface area (Å²) in [4.78, 5) is 8.23. The highest BCUT2D eigenvalue weighted by atomic mass is 15.0. The van der Waals surface area contributed by atoms with Crippen LogP contribution >= 0.6 is 0 Å². The average Bonchev–Trinajstić information content (AvgIpc) is 2.39. The zero-order chi connectivity index (χ0) is 12.5. The van der Waals surface area contributed by atoms with E-state index in [1.165, 1.54) is 16.7 Å². The highest BCUT2D eigenvalue weighted by molar-refractivity contribution is 5.85. The molecule has 3 aromatic rings. The molecule has 3 rings (SSSR count). The number of nitrogens with two attached hydrogens (primary N) is 1. The Labute approximate surface area is 105 Å². The predicted molar refractivity (Wildman–Crippen MR) is 74.1 cm³/mol. The van der Waals surface area contributed by atoms with Gasteiger partial charge in [0, 0.05) is 11.6 Å². The Morgan fingerprint density at radius 1 is 1.06 bits per heavy atom. The average molecular weight is 235 g/mol.